The molecule has 0 spiro atoms. The Hall–Kier alpha value is -1.77. The number of hydrogen-bond acceptors (Lipinski definition) is 3. The van der Waals surface area contributed by atoms with Crippen molar-refractivity contribution in [3.63, 3.8) is 0 Å². The number of ether oxygens (including phenoxy) is 1. The highest BCUT2D eigenvalue weighted by atomic mass is 16.5. The summed E-state index contributed by atoms with van der Waals surface area (Å²) in [4.78, 5) is 13.0. The Labute approximate surface area is 144 Å². The van der Waals surface area contributed by atoms with Crippen LogP contribution in [0.3, 0.4) is 0 Å². The second-order valence-corrected chi connectivity index (χ2v) is 8.21. The lowest BCUT2D eigenvalue weighted by atomic mass is 9.64. The molecule has 0 aliphatic heterocycles. The number of benzene rings is 1. The number of allylic oxidation sites excluding steroid dienone is 1. The highest BCUT2D eigenvalue weighted by Gasteiger charge is 2.41. The molecule has 0 bridgehead atoms. The number of aromatic hydroxyl groups is 1. The molecule has 0 amide bonds. The van der Waals surface area contributed by atoms with Gasteiger partial charge in [0.25, 0.3) is 0 Å². The number of hydrogen-bond donors (Lipinski definition) is 1. The van der Waals surface area contributed by atoms with Gasteiger partial charge in [0.15, 0.2) is 11.5 Å². The second kappa shape index (κ2) is 5.94. The monoisotopic (exact) mass is 328 g/mol. The van der Waals surface area contributed by atoms with Gasteiger partial charge < -0.3 is 9.84 Å². The van der Waals surface area contributed by atoms with Crippen molar-refractivity contribution in [3.05, 3.63) is 28.3 Å². The Bertz CT molecular complexity index is 710. The summed E-state index contributed by atoms with van der Waals surface area (Å²) in [6.45, 7) is 8.53. The highest BCUT2D eigenvalue weighted by Crippen LogP contribution is 2.49. The smallest absolute Gasteiger partial charge is 0.165 e. The first kappa shape index (κ1) is 17.1. The van der Waals surface area contributed by atoms with Crippen LogP contribution in [0.15, 0.2) is 11.6 Å². The number of methoxy groups -OCH3 is 1. The third-order valence-corrected chi connectivity index (χ3v) is 5.69. The molecular formula is C21H28O3. The van der Waals surface area contributed by atoms with Crippen molar-refractivity contribution in [1.29, 1.82) is 0 Å². The number of ketones is 1. The van der Waals surface area contributed by atoms with Crippen molar-refractivity contribution in [2.75, 3.05) is 7.11 Å². The minimum atomic E-state index is -0.0356. The molecule has 2 aliphatic carbocycles. The van der Waals surface area contributed by atoms with Gasteiger partial charge >= 0.3 is 0 Å². The van der Waals surface area contributed by atoms with E-state index in [0.29, 0.717) is 12.2 Å². The molecule has 1 N–H and O–H groups in total. The van der Waals surface area contributed by atoms with E-state index in [2.05, 4.69) is 39.8 Å². The lowest BCUT2D eigenvalue weighted by Gasteiger charge is -2.39. The summed E-state index contributed by atoms with van der Waals surface area (Å²) in [6, 6.07) is 2.05. The summed E-state index contributed by atoms with van der Waals surface area (Å²) in [5, 5.41) is 10.8. The Kier molecular flexibility index (Phi) is 4.23. The molecule has 1 fully saturated rings. The van der Waals surface area contributed by atoms with Crippen LogP contribution in [0.25, 0.3) is 6.08 Å². The molecule has 0 aromatic heterocycles. The van der Waals surface area contributed by atoms with E-state index in [-0.39, 0.29) is 28.8 Å². The summed E-state index contributed by atoms with van der Waals surface area (Å²) in [5.74, 6) is 1.20. The van der Waals surface area contributed by atoms with Gasteiger partial charge in [0, 0.05) is 23.5 Å². The molecule has 3 nitrogen and oxygen atoms in total. The lowest BCUT2D eigenvalue weighted by molar-refractivity contribution is -0.124. The fraction of sp³-hybridized carbons (Fsp3) is 0.571. The minimum Gasteiger partial charge on any atom is -0.504 e. The molecular weight excluding hydrogens is 300 g/mol. The Morgan fingerprint density at radius 1 is 1.33 bits per heavy atom. The van der Waals surface area contributed by atoms with Gasteiger partial charge in [-0.15, -0.1) is 0 Å². The zero-order chi connectivity index (χ0) is 17.6. The molecule has 1 unspecified atom stereocenters. The summed E-state index contributed by atoms with van der Waals surface area (Å²) in [5.41, 5.74) is 3.83. The van der Waals surface area contributed by atoms with Gasteiger partial charge in [0.1, 0.15) is 5.78 Å². The van der Waals surface area contributed by atoms with Crippen molar-refractivity contribution >= 4 is 11.9 Å². The quantitative estimate of drug-likeness (QED) is 0.843. The molecule has 130 valence electrons. The van der Waals surface area contributed by atoms with E-state index < -0.39 is 0 Å². The predicted octanol–water partition coefficient (Wildman–Crippen LogP) is 4.86. The molecule has 3 rings (SSSR count). The van der Waals surface area contributed by atoms with Crippen LogP contribution in [0, 0.1) is 11.3 Å². The lowest BCUT2D eigenvalue weighted by Crippen LogP contribution is -2.35. The third kappa shape index (κ3) is 2.64. The molecule has 1 saturated carbocycles. The third-order valence-electron chi connectivity index (χ3n) is 5.69. The Morgan fingerprint density at radius 2 is 2.04 bits per heavy atom. The van der Waals surface area contributed by atoms with Gasteiger partial charge in [-0.05, 0) is 36.2 Å². The Morgan fingerprint density at radius 3 is 2.67 bits per heavy atom. The van der Waals surface area contributed by atoms with Gasteiger partial charge in [-0.2, -0.15) is 0 Å². The number of carbonyl (C=O) groups excluding carboxylic acids is 1. The van der Waals surface area contributed by atoms with Crippen LogP contribution in [0.4, 0.5) is 0 Å². The fourth-order valence-electron chi connectivity index (χ4n) is 4.50. The van der Waals surface area contributed by atoms with Crippen molar-refractivity contribution in [2.24, 2.45) is 11.3 Å². The van der Waals surface area contributed by atoms with E-state index >= 15 is 0 Å². The number of phenols is 1. The van der Waals surface area contributed by atoms with Crippen molar-refractivity contribution < 1.29 is 14.6 Å². The number of phenolic OH excluding ortho intramolecular Hbond substituents is 1. The number of rotatable bonds is 2. The van der Waals surface area contributed by atoms with E-state index in [0.717, 1.165) is 36.0 Å². The van der Waals surface area contributed by atoms with Crippen LogP contribution in [-0.4, -0.2) is 18.0 Å². The maximum absolute atomic E-state index is 13.0. The van der Waals surface area contributed by atoms with Crippen molar-refractivity contribution in [3.8, 4) is 11.5 Å². The maximum atomic E-state index is 13.0. The standard InChI is InChI=1S/C21H28O3/c1-12(2)15-10-14-11-17(22)18-13(7-6-8-21(18,3)4)9-16(14)19(23)20(15)24-5/h9-10,12,18,23H,6-8,11H2,1-5H3. The van der Waals surface area contributed by atoms with Gasteiger partial charge in [0.2, 0.25) is 0 Å². The number of Topliss-reactive ketones (excluding diaryl/α,β-unsaturated/α-hetero) is 1. The largest absolute Gasteiger partial charge is 0.504 e. The Balaban J connectivity index is 2.21. The molecule has 1 atom stereocenters. The van der Waals surface area contributed by atoms with Gasteiger partial charge in [0.05, 0.1) is 7.11 Å². The summed E-state index contributed by atoms with van der Waals surface area (Å²) < 4.78 is 5.48. The van der Waals surface area contributed by atoms with Crippen molar-refractivity contribution in [2.45, 2.75) is 59.3 Å². The molecule has 0 heterocycles. The molecule has 1 aromatic carbocycles. The van der Waals surface area contributed by atoms with Gasteiger partial charge in [-0.1, -0.05) is 45.4 Å². The van der Waals surface area contributed by atoms with Gasteiger partial charge in [-0.3, -0.25) is 4.79 Å². The van der Waals surface area contributed by atoms with Crippen LogP contribution < -0.4 is 4.74 Å². The average Bonchev–Trinajstić information content (AvgIpc) is 2.63. The molecule has 2 aliphatic rings. The van der Waals surface area contributed by atoms with E-state index in [1.807, 2.05) is 0 Å². The van der Waals surface area contributed by atoms with Crippen molar-refractivity contribution in [1.82, 2.24) is 0 Å². The zero-order valence-electron chi connectivity index (χ0n) is 15.4. The molecule has 24 heavy (non-hydrogen) atoms. The topological polar surface area (TPSA) is 46.5 Å². The zero-order valence-corrected chi connectivity index (χ0v) is 15.4. The maximum Gasteiger partial charge on any atom is 0.165 e. The molecule has 3 heteroatoms. The SMILES string of the molecule is COc1c(C(C)C)cc2c(c1O)C=C1CCCC(C)(C)C1C(=O)C2. The van der Waals surface area contributed by atoms with E-state index in [9.17, 15) is 9.90 Å². The predicted molar refractivity (Wildman–Crippen MR) is 96.6 cm³/mol. The minimum absolute atomic E-state index is 0.0101. The first-order valence-corrected chi connectivity index (χ1v) is 8.92. The van der Waals surface area contributed by atoms with E-state index in [4.69, 9.17) is 4.74 Å². The first-order valence-electron chi connectivity index (χ1n) is 8.92. The summed E-state index contributed by atoms with van der Waals surface area (Å²) >= 11 is 0. The first-order chi connectivity index (χ1) is 11.3. The second-order valence-electron chi connectivity index (χ2n) is 8.21. The highest BCUT2D eigenvalue weighted by molar-refractivity contribution is 5.92. The molecule has 0 radical (unpaired) electrons. The fourth-order valence-corrected chi connectivity index (χ4v) is 4.50. The van der Waals surface area contributed by atoms with Gasteiger partial charge in [-0.25, -0.2) is 0 Å². The van der Waals surface area contributed by atoms with Crippen LogP contribution in [0.5, 0.6) is 11.5 Å². The normalized spacial score (nSPS) is 22.5. The van der Waals surface area contributed by atoms with E-state index in [1.165, 1.54) is 5.57 Å². The van der Waals surface area contributed by atoms with Crippen LogP contribution >= 0.6 is 0 Å². The molecule has 1 aromatic rings. The number of carbonyl (C=O) groups is 1. The van der Waals surface area contributed by atoms with Crippen LogP contribution in [0.2, 0.25) is 0 Å². The van der Waals surface area contributed by atoms with Crippen LogP contribution in [-0.2, 0) is 11.2 Å². The summed E-state index contributed by atoms with van der Waals surface area (Å²) in [6.07, 6.45) is 5.56. The molecule has 0 saturated heterocycles. The summed E-state index contributed by atoms with van der Waals surface area (Å²) in [7, 11) is 1.59. The van der Waals surface area contributed by atoms with Crippen LogP contribution in [0.1, 0.15) is 69.6 Å². The van der Waals surface area contributed by atoms with E-state index in [1.54, 1.807) is 7.11 Å². The number of fused-ring (bicyclic) bond motifs is 2. The average molecular weight is 328 g/mol.